The monoisotopic (exact) mass is 310 g/mol. The first-order valence-corrected chi connectivity index (χ1v) is 6.95. The van der Waals surface area contributed by atoms with E-state index in [1.807, 2.05) is 5.32 Å². The Morgan fingerprint density at radius 1 is 1.24 bits per heavy atom. The highest BCUT2D eigenvalue weighted by atomic mass is 19.4. The fourth-order valence-electron chi connectivity index (χ4n) is 2.01. The van der Waals surface area contributed by atoms with Gasteiger partial charge in [-0.25, -0.2) is 4.79 Å². The second-order valence-electron chi connectivity index (χ2n) is 5.75. The number of hydrogen-bond donors (Lipinski definition) is 3. The zero-order chi connectivity index (χ0) is 16.3. The van der Waals surface area contributed by atoms with Crippen molar-refractivity contribution in [3.8, 4) is 0 Å². The molecule has 2 unspecified atom stereocenters. The van der Waals surface area contributed by atoms with Gasteiger partial charge in [0.25, 0.3) is 0 Å². The molecule has 0 heterocycles. The predicted octanol–water partition coefficient (Wildman–Crippen LogP) is 2.66. The molecule has 1 saturated carbocycles. The first kappa shape index (κ1) is 17.6. The Morgan fingerprint density at radius 2 is 1.81 bits per heavy atom. The van der Waals surface area contributed by atoms with Gasteiger partial charge in [0.2, 0.25) is 0 Å². The number of alkyl halides is 3. The normalized spacial score (nSPS) is 19.5. The molecule has 0 bridgehead atoms. The lowest BCUT2D eigenvalue weighted by Crippen LogP contribution is -2.53. The van der Waals surface area contributed by atoms with Gasteiger partial charge in [0.1, 0.15) is 5.54 Å². The summed E-state index contributed by atoms with van der Waals surface area (Å²) in [5, 5.41) is 13.2. The predicted molar refractivity (Wildman–Crippen MR) is 69.8 cm³/mol. The maximum absolute atomic E-state index is 12.7. The van der Waals surface area contributed by atoms with Gasteiger partial charge in [-0.1, -0.05) is 13.3 Å². The number of carbonyl (C=O) groups excluding carboxylic acids is 1. The van der Waals surface area contributed by atoms with Gasteiger partial charge in [0.05, 0.1) is 5.92 Å². The first-order valence-electron chi connectivity index (χ1n) is 6.95. The van der Waals surface area contributed by atoms with Gasteiger partial charge in [0, 0.05) is 6.04 Å². The molecule has 2 atom stereocenters. The molecule has 122 valence electrons. The van der Waals surface area contributed by atoms with Crippen molar-refractivity contribution in [2.75, 3.05) is 0 Å². The SMILES string of the molecule is CC(CCCC(C)C(=O)O)NC(=O)NC1(C(F)(F)F)CC1. The summed E-state index contributed by atoms with van der Waals surface area (Å²) < 4.78 is 38.0. The van der Waals surface area contributed by atoms with E-state index in [1.165, 1.54) is 0 Å². The summed E-state index contributed by atoms with van der Waals surface area (Å²) in [4.78, 5) is 22.2. The molecule has 0 radical (unpaired) electrons. The molecule has 2 amide bonds. The Bertz CT molecular complexity index is 395. The van der Waals surface area contributed by atoms with E-state index in [0.717, 1.165) is 0 Å². The minimum Gasteiger partial charge on any atom is -0.481 e. The number of aliphatic carboxylic acids is 1. The van der Waals surface area contributed by atoms with Crippen LogP contribution in [0.4, 0.5) is 18.0 Å². The third-order valence-electron chi connectivity index (χ3n) is 3.72. The van der Waals surface area contributed by atoms with Crippen LogP contribution < -0.4 is 10.6 Å². The fraction of sp³-hybridized carbons (Fsp3) is 0.846. The standard InChI is InChI=1S/C13H21F3N2O3/c1-8(10(19)20)4-3-5-9(2)17-11(21)18-12(6-7-12)13(14,15)16/h8-9H,3-7H2,1-2H3,(H,19,20)(H2,17,18,21). The van der Waals surface area contributed by atoms with Gasteiger partial charge >= 0.3 is 18.2 Å². The van der Waals surface area contributed by atoms with E-state index >= 15 is 0 Å². The van der Waals surface area contributed by atoms with Crippen molar-refractivity contribution in [1.82, 2.24) is 10.6 Å². The lowest BCUT2D eigenvalue weighted by molar-refractivity contribution is -0.162. The van der Waals surface area contributed by atoms with E-state index in [9.17, 15) is 22.8 Å². The van der Waals surface area contributed by atoms with E-state index in [1.54, 1.807) is 13.8 Å². The number of rotatable bonds is 7. The molecule has 1 aliphatic rings. The van der Waals surface area contributed by atoms with E-state index in [-0.39, 0.29) is 18.9 Å². The average molecular weight is 310 g/mol. The van der Waals surface area contributed by atoms with E-state index < -0.39 is 29.6 Å². The van der Waals surface area contributed by atoms with Crippen molar-refractivity contribution < 1.29 is 27.9 Å². The quantitative estimate of drug-likeness (QED) is 0.676. The number of carboxylic acids is 1. The highest BCUT2D eigenvalue weighted by Crippen LogP contribution is 2.48. The third-order valence-corrected chi connectivity index (χ3v) is 3.72. The number of amides is 2. The number of carbonyl (C=O) groups is 2. The first-order chi connectivity index (χ1) is 9.57. The largest absolute Gasteiger partial charge is 0.481 e. The summed E-state index contributed by atoms with van der Waals surface area (Å²) in [5.74, 6) is -1.35. The van der Waals surface area contributed by atoms with Gasteiger partial charge in [-0.3, -0.25) is 4.79 Å². The van der Waals surface area contributed by atoms with Crippen molar-refractivity contribution in [2.45, 2.75) is 63.7 Å². The van der Waals surface area contributed by atoms with Crippen LogP contribution >= 0.6 is 0 Å². The molecule has 0 aromatic rings. The second-order valence-corrected chi connectivity index (χ2v) is 5.75. The maximum Gasteiger partial charge on any atom is 0.411 e. The lowest BCUT2D eigenvalue weighted by atomic mass is 10.0. The van der Waals surface area contributed by atoms with Crippen LogP contribution in [0, 0.1) is 5.92 Å². The summed E-state index contributed by atoms with van der Waals surface area (Å²) in [7, 11) is 0. The van der Waals surface area contributed by atoms with Crippen LogP contribution in [0.3, 0.4) is 0 Å². The van der Waals surface area contributed by atoms with E-state index in [4.69, 9.17) is 5.11 Å². The minimum atomic E-state index is -4.43. The van der Waals surface area contributed by atoms with Crippen molar-refractivity contribution >= 4 is 12.0 Å². The Hall–Kier alpha value is -1.47. The summed E-state index contributed by atoms with van der Waals surface area (Å²) in [5.41, 5.74) is -2.06. The van der Waals surface area contributed by atoms with Crippen molar-refractivity contribution in [1.29, 1.82) is 0 Å². The molecule has 21 heavy (non-hydrogen) atoms. The lowest BCUT2D eigenvalue weighted by Gasteiger charge is -2.22. The molecular weight excluding hydrogens is 289 g/mol. The van der Waals surface area contributed by atoms with E-state index in [0.29, 0.717) is 19.3 Å². The van der Waals surface area contributed by atoms with Gasteiger partial charge in [-0.15, -0.1) is 0 Å². The minimum absolute atomic E-state index is 0.0889. The number of halogens is 3. The Kier molecular flexibility index (Phi) is 5.47. The molecule has 0 aliphatic heterocycles. The van der Waals surface area contributed by atoms with Crippen LogP contribution in [0.2, 0.25) is 0 Å². The second kappa shape index (κ2) is 6.53. The molecule has 1 aliphatic carbocycles. The summed E-state index contributed by atoms with van der Waals surface area (Å²) in [6, 6.07) is -1.14. The maximum atomic E-state index is 12.7. The fourth-order valence-corrected chi connectivity index (χ4v) is 2.01. The molecule has 0 aromatic heterocycles. The summed E-state index contributed by atoms with van der Waals surface area (Å²) in [6.45, 7) is 3.27. The molecule has 0 saturated heterocycles. The van der Waals surface area contributed by atoms with Crippen LogP contribution in [0.25, 0.3) is 0 Å². The highest BCUT2D eigenvalue weighted by Gasteiger charge is 2.64. The zero-order valence-corrected chi connectivity index (χ0v) is 12.1. The average Bonchev–Trinajstić information content (AvgIpc) is 3.08. The molecule has 0 aromatic carbocycles. The van der Waals surface area contributed by atoms with Gasteiger partial charge < -0.3 is 15.7 Å². The molecule has 0 spiro atoms. The molecule has 1 fully saturated rings. The van der Waals surface area contributed by atoms with E-state index in [2.05, 4.69) is 5.32 Å². The van der Waals surface area contributed by atoms with Crippen LogP contribution in [0.5, 0.6) is 0 Å². The molecule has 1 rings (SSSR count). The van der Waals surface area contributed by atoms with Crippen LogP contribution in [0.1, 0.15) is 46.0 Å². The molecule has 3 N–H and O–H groups in total. The third kappa shape index (κ3) is 5.09. The van der Waals surface area contributed by atoms with Gasteiger partial charge in [-0.05, 0) is 32.6 Å². The zero-order valence-electron chi connectivity index (χ0n) is 12.1. The van der Waals surface area contributed by atoms with Crippen LogP contribution in [0.15, 0.2) is 0 Å². The number of hydrogen-bond acceptors (Lipinski definition) is 2. The molecule has 5 nitrogen and oxygen atoms in total. The van der Waals surface area contributed by atoms with Crippen LogP contribution in [-0.4, -0.2) is 34.9 Å². The summed E-state index contributed by atoms with van der Waals surface area (Å²) in [6.07, 6.45) is -3.04. The van der Waals surface area contributed by atoms with Gasteiger partial charge in [0.15, 0.2) is 0 Å². The Labute approximate surface area is 121 Å². The van der Waals surface area contributed by atoms with Crippen LogP contribution in [-0.2, 0) is 4.79 Å². The Balaban J connectivity index is 2.27. The number of carboxylic acid groups (broad SMARTS) is 1. The smallest absolute Gasteiger partial charge is 0.411 e. The highest BCUT2D eigenvalue weighted by molar-refractivity contribution is 5.75. The van der Waals surface area contributed by atoms with Crippen molar-refractivity contribution in [2.24, 2.45) is 5.92 Å². The van der Waals surface area contributed by atoms with Crippen molar-refractivity contribution in [3.63, 3.8) is 0 Å². The number of nitrogens with one attached hydrogen (secondary N) is 2. The topological polar surface area (TPSA) is 78.4 Å². The molecule has 8 heteroatoms. The van der Waals surface area contributed by atoms with Gasteiger partial charge in [-0.2, -0.15) is 13.2 Å². The summed E-state index contributed by atoms with van der Waals surface area (Å²) >= 11 is 0. The molecular formula is C13H21F3N2O3. The van der Waals surface area contributed by atoms with Crippen molar-refractivity contribution in [3.05, 3.63) is 0 Å². The number of urea groups is 1. The Morgan fingerprint density at radius 3 is 2.24 bits per heavy atom.